The highest BCUT2D eigenvalue weighted by atomic mass is 16.5. The third kappa shape index (κ3) is 8.91. The zero-order chi connectivity index (χ0) is 33.2. The Labute approximate surface area is 276 Å². The molecule has 1 fully saturated rings. The molecule has 0 bridgehead atoms. The van der Waals surface area contributed by atoms with Crippen LogP contribution in [0.1, 0.15) is 74.7 Å². The zero-order valence-corrected chi connectivity index (χ0v) is 27.5. The summed E-state index contributed by atoms with van der Waals surface area (Å²) < 4.78 is 28.7. The fraction of sp³-hybridized carbons (Fsp3) is 0.359. The van der Waals surface area contributed by atoms with Gasteiger partial charge in [-0.05, 0) is 123 Å². The van der Waals surface area contributed by atoms with E-state index in [0.717, 1.165) is 43.6 Å². The van der Waals surface area contributed by atoms with Crippen LogP contribution in [-0.2, 0) is 4.74 Å². The molecule has 0 aliphatic heterocycles. The average Bonchev–Trinajstić information content (AvgIpc) is 3.06. The summed E-state index contributed by atoms with van der Waals surface area (Å²) in [4.78, 5) is 30.5. The Kier molecular flexibility index (Phi) is 11.5. The molecule has 3 aromatic carbocycles. The van der Waals surface area contributed by atoms with Crippen LogP contribution in [0.5, 0.6) is 17.2 Å². The molecule has 246 valence electrons. The number of rotatable bonds is 16. The summed E-state index contributed by atoms with van der Waals surface area (Å²) >= 11 is 0. The molecule has 1 heterocycles. The Bertz CT molecular complexity index is 1760. The Morgan fingerprint density at radius 3 is 2.30 bits per heavy atom. The van der Waals surface area contributed by atoms with Crippen LogP contribution in [0.3, 0.4) is 0 Å². The summed E-state index contributed by atoms with van der Waals surface area (Å²) in [6.45, 7) is 11.8. The minimum absolute atomic E-state index is 0.206. The Morgan fingerprint density at radius 1 is 0.979 bits per heavy atom. The first kappa shape index (κ1) is 33.5. The molecule has 0 radical (unpaired) electrons. The van der Waals surface area contributed by atoms with Crippen molar-refractivity contribution in [2.24, 2.45) is 5.92 Å². The molecule has 1 atom stereocenters. The van der Waals surface area contributed by atoms with Gasteiger partial charge >= 0.3 is 11.6 Å². The normalized spacial score (nSPS) is 13.0. The number of esters is 1. The van der Waals surface area contributed by atoms with Gasteiger partial charge in [-0.3, -0.25) is 0 Å². The van der Waals surface area contributed by atoms with E-state index in [1.165, 1.54) is 24.5 Å². The third-order valence-corrected chi connectivity index (χ3v) is 8.43. The number of benzene rings is 3. The lowest BCUT2D eigenvalue weighted by Gasteiger charge is -2.20. The number of aryl methyl sites for hydroxylation is 1. The van der Waals surface area contributed by atoms with Gasteiger partial charge in [0.15, 0.2) is 0 Å². The van der Waals surface area contributed by atoms with E-state index >= 15 is 0 Å². The highest BCUT2D eigenvalue weighted by Gasteiger charge is 2.16. The minimum Gasteiger partial charge on any atom is -0.494 e. The van der Waals surface area contributed by atoms with E-state index in [9.17, 15) is 9.59 Å². The summed E-state index contributed by atoms with van der Waals surface area (Å²) in [5.74, 6) is 2.91. The summed E-state index contributed by atoms with van der Waals surface area (Å²) in [5.41, 5.74) is 2.89. The molecular weight excluding hydrogens is 594 g/mol. The van der Waals surface area contributed by atoms with Crippen molar-refractivity contribution >= 4 is 16.9 Å². The fourth-order valence-corrected chi connectivity index (χ4v) is 5.14. The fourth-order valence-electron chi connectivity index (χ4n) is 5.14. The van der Waals surface area contributed by atoms with E-state index in [-0.39, 0.29) is 17.0 Å². The number of ether oxygens (including phenoxy) is 4. The van der Waals surface area contributed by atoms with Crippen molar-refractivity contribution < 1.29 is 28.2 Å². The van der Waals surface area contributed by atoms with Gasteiger partial charge in [0, 0.05) is 12.0 Å². The molecule has 47 heavy (non-hydrogen) atoms. The molecular formula is C39H43NO7. The Hall–Kier alpha value is -4.85. The number of hydrogen-bond donors (Lipinski definition) is 0. The maximum absolute atomic E-state index is 13.0. The van der Waals surface area contributed by atoms with E-state index in [4.69, 9.17) is 23.4 Å². The van der Waals surface area contributed by atoms with E-state index < -0.39 is 11.6 Å². The van der Waals surface area contributed by atoms with Crippen LogP contribution in [0.4, 0.5) is 0 Å². The highest BCUT2D eigenvalue weighted by Crippen LogP contribution is 2.30. The van der Waals surface area contributed by atoms with Crippen LogP contribution >= 0.6 is 0 Å². The van der Waals surface area contributed by atoms with Gasteiger partial charge in [-0.25, -0.2) is 14.6 Å². The summed E-state index contributed by atoms with van der Waals surface area (Å²) in [6, 6.07) is 17.3. The summed E-state index contributed by atoms with van der Waals surface area (Å²) in [7, 11) is 0. The molecule has 5 rings (SSSR count). The van der Waals surface area contributed by atoms with Gasteiger partial charge < -0.3 is 23.4 Å². The molecule has 0 saturated heterocycles. The van der Waals surface area contributed by atoms with Gasteiger partial charge in [-0.1, -0.05) is 26.8 Å². The van der Waals surface area contributed by atoms with Crippen LogP contribution in [-0.4, -0.2) is 30.8 Å². The maximum Gasteiger partial charge on any atom is 0.347 e. The second kappa shape index (κ2) is 16.1. The van der Waals surface area contributed by atoms with E-state index in [2.05, 4.69) is 25.4 Å². The smallest absolute Gasteiger partial charge is 0.347 e. The Balaban J connectivity index is 1.16. The van der Waals surface area contributed by atoms with Gasteiger partial charge in [0.2, 0.25) is 5.89 Å². The summed E-state index contributed by atoms with van der Waals surface area (Å²) in [6.07, 6.45) is 9.20. The second-order valence-corrected chi connectivity index (χ2v) is 12.0. The van der Waals surface area contributed by atoms with Crippen LogP contribution < -0.4 is 19.8 Å². The topological polar surface area (TPSA) is 97.1 Å². The molecule has 0 amide bonds. The van der Waals surface area contributed by atoms with Crippen molar-refractivity contribution in [3.8, 4) is 28.7 Å². The van der Waals surface area contributed by atoms with Crippen molar-refractivity contribution in [1.29, 1.82) is 0 Å². The predicted octanol–water partition coefficient (Wildman–Crippen LogP) is 9.00. The first-order valence-electron chi connectivity index (χ1n) is 16.5. The zero-order valence-electron chi connectivity index (χ0n) is 27.5. The number of fused-ring (bicyclic) bond motifs is 1. The molecule has 0 N–H and O–H groups in total. The lowest BCUT2D eigenvalue weighted by atomic mass is 9.91. The molecule has 4 aromatic rings. The first-order valence-corrected chi connectivity index (χ1v) is 16.5. The van der Waals surface area contributed by atoms with E-state index in [0.29, 0.717) is 53.7 Å². The van der Waals surface area contributed by atoms with E-state index in [1.54, 1.807) is 43.3 Å². The molecule has 1 saturated carbocycles. The van der Waals surface area contributed by atoms with E-state index in [1.807, 2.05) is 24.3 Å². The third-order valence-electron chi connectivity index (χ3n) is 8.43. The predicted molar refractivity (Wildman–Crippen MR) is 183 cm³/mol. The van der Waals surface area contributed by atoms with Crippen molar-refractivity contribution in [3.63, 3.8) is 0 Å². The first-order chi connectivity index (χ1) is 22.8. The van der Waals surface area contributed by atoms with Gasteiger partial charge in [0.25, 0.3) is 0 Å². The van der Waals surface area contributed by atoms with Gasteiger partial charge in [-0.15, -0.1) is 0 Å². The van der Waals surface area contributed by atoms with Crippen molar-refractivity contribution in [2.45, 2.75) is 65.7 Å². The van der Waals surface area contributed by atoms with Crippen LogP contribution in [0.15, 0.2) is 93.9 Å². The van der Waals surface area contributed by atoms with Crippen LogP contribution in [0, 0.1) is 12.8 Å². The SMILES string of the molecule is C=CC(OCCCOc1ccc(C(=O)Oc2cc3c(=O)oc(-c4ccc(OCCCC(C)CC)cc4)nc3cc2C)cc1)=C1CCC1. The van der Waals surface area contributed by atoms with Gasteiger partial charge in [-0.2, -0.15) is 0 Å². The number of aromatic nitrogens is 1. The molecule has 8 heteroatoms. The highest BCUT2D eigenvalue weighted by molar-refractivity contribution is 5.92. The summed E-state index contributed by atoms with van der Waals surface area (Å²) in [5, 5.41) is 0.222. The largest absolute Gasteiger partial charge is 0.494 e. The number of hydrogen-bond acceptors (Lipinski definition) is 8. The monoisotopic (exact) mass is 637 g/mol. The number of carbonyl (C=O) groups is 1. The molecule has 1 aliphatic carbocycles. The van der Waals surface area contributed by atoms with Crippen molar-refractivity contribution in [1.82, 2.24) is 4.98 Å². The van der Waals surface area contributed by atoms with Crippen molar-refractivity contribution in [2.75, 3.05) is 19.8 Å². The Morgan fingerprint density at radius 2 is 1.66 bits per heavy atom. The quantitative estimate of drug-likeness (QED) is 0.0520. The molecule has 1 unspecified atom stereocenters. The van der Waals surface area contributed by atoms with Crippen LogP contribution in [0.2, 0.25) is 0 Å². The maximum atomic E-state index is 13.0. The number of carbonyl (C=O) groups excluding carboxylic acids is 1. The average molecular weight is 638 g/mol. The van der Waals surface area contributed by atoms with Crippen molar-refractivity contribution in [3.05, 3.63) is 106 Å². The number of nitrogens with zero attached hydrogens (tertiary/aromatic N) is 1. The minimum atomic E-state index is -0.569. The second-order valence-electron chi connectivity index (χ2n) is 12.0. The molecule has 1 aromatic heterocycles. The number of allylic oxidation sites excluding steroid dienone is 2. The van der Waals surface area contributed by atoms with Crippen LogP contribution in [0.25, 0.3) is 22.4 Å². The molecule has 0 spiro atoms. The lowest BCUT2D eigenvalue weighted by molar-refractivity contribution is 0.0733. The molecule has 1 aliphatic rings. The molecule has 8 nitrogen and oxygen atoms in total. The van der Waals surface area contributed by atoms with Gasteiger partial charge in [0.05, 0.1) is 36.3 Å². The van der Waals surface area contributed by atoms with Gasteiger partial charge in [0.1, 0.15) is 23.0 Å². The standard InChI is InChI=1S/C39H43NO7/c1-5-26(3)10-8-21-43-31-17-13-29(14-18-31)37-40-34-24-27(4)36(25-33(34)39(42)47-37)46-38(41)30-15-19-32(20-16-30)44-22-9-23-45-35(6-2)28-11-7-12-28/h6,13-20,24-26H,2,5,7-12,21-23H2,1,3-4H3. The lowest BCUT2D eigenvalue weighted by Crippen LogP contribution is -2.11.